The van der Waals surface area contributed by atoms with Crippen LogP contribution >= 0.6 is 11.3 Å². The van der Waals surface area contributed by atoms with Gasteiger partial charge in [-0.2, -0.15) is 9.61 Å². The molecule has 2 heterocycles. The third-order valence-electron chi connectivity index (χ3n) is 3.09. The quantitative estimate of drug-likeness (QED) is 0.635. The number of aryl methyl sites for hydroxylation is 1. The molecule has 0 aliphatic rings. The minimum Gasteiger partial charge on any atom is -0.493 e. The summed E-state index contributed by atoms with van der Waals surface area (Å²) in [4.78, 5) is 28.2. The molecule has 24 heavy (non-hydrogen) atoms. The summed E-state index contributed by atoms with van der Waals surface area (Å²) in [6, 6.07) is 10.7. The van der Waals surface area contributed by atoms with Crippen molar-refractivity contribution in [2.24, 2.45) is 0 Å². The third kappa shape index (κ3) is 3.96. The summed E-state index contributed by atoms with van der Waals surface area (Å²) < 4.78 is 11.8. The van der Waals surface area contributed by atoms with Crippen LogP contribution < -0.4 is 10.3 Å². The second-order valence-corrected chi connectivity index (χ2v) is 6.04. The predicted molar refractivity (Wildman–Crippen MR) is 88.2 cm³/mol. The van der Waals surface area contributed by atoms with Crippen molar-refractivity contribution in [3.63, 3.8) is 0 Å². The molecule has 0 amide bonds. The Balaban J connectivity index is 1.51. The van der Waals surface area contributed by atoms with Gasteiger partial charge in [0, 0.05) is 11.8 Å². The summed E-state index contributed by atoms with van der Waals surface area (Å²) in [6.07, 6.45) is 0.136. The molecule has 0 saturated heterocycles. The van der Waals surface area contributed by atoms with Crippen LogP contribution in [0.2, 0.25) is 0 Å². The molecule has 7 nitrogen and oxygen atoms in total. The number of nitrogens with zero attached hydrogens (tertiary/aromatic N) is 3. The number of carbonyl (C=O) groups excluding carboxylic acids is 1. The molecule has 0 spiro atoms. The Hall–Kier alpha value is -2.74. The van der Waals surface area contributed by atoms with Crippen LogP contribution in [-0.2, 0) is 16.1 Å². The smallest absolute Gasteiger partial charge is 0.309 e. The van der Waals surface area contributed by atoms with Gasteiger partial charge in [-0.25, -0.2) is 4.98 Å². The van der Waals surface area contributed by atoms with Crippen molar-refractivity contribution in [2.75, 3.05) is 6.61 Å². The topological polar surface area (TPSA) is 82.8 Å². The molecule has 8 heteroatoms. The Morgan fingerprint density at radius 1 is 1.29 bits per heavy atom. The predicted octanol–water partition coefficient (Wildman–Crippen LogP) is 1.97. The molecule has 124 valence electrons. The SMILES string of the molecule is Cc1cc(=O)n2nc(COC(=O)CCOc3ccccc3)sc2n1. The lowest BCUT2D eigenvalue weighted by atomic mass is 10.3. The van der Waals surface area contributed by atoms with Crippen molar-refractivity contribution >= 4 is 22.3 Å². The van der Waals surface area contributed by atoms with E-state index in [1.54, 1.807) is 6.92 Å². The van der Waals surface area contributed by atoms with Gasteiger partial charge in [-0.15, -0.1) is 0 Å². The zero-order valence-electron chi connectivity index (χ0n) is 13.0. The molecule has 0 aliphatic carbocycles. The molecule has 0 bridgehead atoms. The molecule has 0 unspecified atom stereocenters. The summed E-state index contributed by atoms with van der Waals surface area (Å²) in [7, 11) is 0. The summed E-state index contributed by atoms with van der Waals surface area (Å²) in [6.45, 7) is 1.99. The second-order valence-electron chi connectivity index (χ2n) is 5.00. The van der Waals surface area contributed by atoms with Crippen LogP contribution in [-0.4, -0.2) is 27.2 Å². The van der Waals surface area contributed by atoms with Gasteiger partial charge in [0.15, 0.2) is 5.01 Å². The number of hydrogen-bond donors (Lipinski definition) is 0. The van der Waals surface area contributed by atoms with E-state index in [1.165, 1.54) is 21.9 Å². The molecule has 0 atom stereocenters. The fourth-order valence-corrected chi connectivity index (χ4v) is 2.86. The van der Waals surface area contributed by atoms with Gasteiger partial charge in [0.2, 0.25) is 4.96 Å². The number of carbonyl (C=O) groups is 1. The molecule has 0 saturated carbocycles. The first kappa shape index (κ1) is 16.1. The van der Waals surface area contributed by atoms with Crippen LogP contribution in [0, 0.1) is 6.92 Å². The first-order chi connectivity index (χ1) is 11.6. The van der Waals surface area contributed by atoms with Gasteiger partial charge in [0.1, 0.15) is 12.4 Å². The third-order valence-corrected chi connectivity index (χ3v) is 3.97. The number of para-hydroxylation sites is 1. The maximum atomic E-state index is 11.8. The average molecular weight is 345 g/mol. The molecule has 0 N–H and O–H groups in total. The highest BCUT2D eigenvalue weighted by atomic mass is 32.1. The molecule has 3 aromatic rings. The molecular formula is C16H15N3O4S. The van der Waals surface area contributed by atoms with Crippen molar-refractivity contribution in [1.29, 1.82) is 0 Å². The van der Waals surface area contributed by atoms with E-state index in [0.29, 0.717) is 21.4 Å². The zero-order valence-corrected chi connectivity index (χ0v) is 13.8. The lowest BCUT2D eigenvalue weighted by molar-refractivity contribution is -0.145. The summed E-state index contributed by atoms with van der Waals surface area (Å²) in [5, 5.41) is 4.62. The molecule has 3 rings (SSSR count). The van der Waals surface area contributed by atoms with Crippen LogP contribution in [0.5, 0.6) is 5.75 Å². The van der Waals surface area contributed by atoms with E-state index in [0.717, 1.165) is 0 Å². The highest BCUT2D eigenvalue weighted by Crippen LogP contribution is 2.13. The average Bonchev–Trinajstić information content (AvgIpc) is 2.97. The first-order valence-electron chi connectivity index (χ1n) is 7.32. The minimum atomic E-state index is -0.387. The van der Waals surface area contributed by atoms with Crippen molar-refractivity contribution in [1.82, 2.24) is 14.6 Å². The normalized spacial score (nSPS) is 10.7. The fourth-order valence-electron chi connectivity index (χ4n) is 2.00. The minimum absolute atomic E-state index is 0.0106. The number of hydrogen-bond acceptors (Lipinski definition) is 7. The van der Waals surface area contributed by atoms with Gasteiger partial charge < -0.3 is 9.47 Å². The van der Waals surface area contributed by atoms with E-state index in [9.17, 15) is 9.59 Å². The van der Waals surface area contributed by atoms with Gasteiger partial charge in [0.25, 0.3) is 5.56 Å². The van der Waals surface area contributed by atoms with Crippen LogP contribution in [0.3, 0.4) is 0 Å². The van der Waals surface area contributed by atoms with Crippen LogP contribution in [0.1, 0.15) is 17.1 Å². The standard InChI is InChI=1S/C16H15N3O4S/c1-11-9-14(20)19-16(17-11)24-13(18-19)10-23-15(21)7-8-22-12-5-3-2-4-6-12/h2-6,9H,7-8,10H2,1H3. The van der Waals surface area contributed by atoms with Crippen molar-refractivity contribution in [3.8, 4) is 5.75 Å². The summed E-state index contributed by atoms with van der Waals surface area (Å²) in [5.74, 6) is 0.318. The Bertz CT molecular complexity index is 905. The van der Waals surface area contributed by atoms with Gasteiger partial charge in [-0.1, -0.05) is 29.5 Å². The molecule has 0 aliphatic heterocycles. The fraction of sp³-hybridized carbons (Fsp3) is 0.250. The van der Waals surface area contributed by atoms with Gasteiger partial charge in [-0.05, 0) is 19.1 Å². The van der Waals surface area contributed by atoms with Crippen LogP contribution in [0.15, 0.2) is 41.2 Å². The van der Waals surface area contributed by atoms with E-state index < -0.39 is 0 Å². The largest absolute Gasteiger partial charge is 0.493 e. The lowest BCUT2D eigenvalue weighted by Crippen LogP contribution is -2.14. The van der Waals surface area contributed by atoms with Crippen molar-refractivity contribution in [2.45, 2.75) is 20.0 Å². The summed E-state index contributed by atoms with van der Waals surface area (Å²) >= 11 is 1.22. The number of fused-ring (bicyclic) bond motifs is 1. The van der Waals surface area contributed by atoms with E-state index in [2.05, 4.69) is 10.1 Å². The molecule has 0 fully saturated rings. The van der Waals surface area contributed by atoms with E-state index in [4.69, 9.17) is 9.47 Å². The Morgan fingerprint density at radius 2 is 2.08 bits per heavy atom. The van der Waals surface area contributed by atoms with Gasteiger partial charge >= 0.3 is 5.97 Å². The number of ether oxygens (including phenoxy) is 2. The van der Waals surface area contributed by atoms with E-state index >= 15 is 0 Å². The number of benzene rings is 1. The second kappa shape index (κ2) is 7.22. The highest BCUT2D eigenvalue weighted by Gasteiger charge is 2.10. The van der Waals surface area contributed by atoms with Crippen molar-refractivity contribution < 1.29 is 14.3 Å². The van der Waals surface area contributed by atoms with Gasteiger partial charge in [0.05, 0.1) is 13.0 Å². The van der Waals surface area contributed by atoms with Crippen LogP contribution in [0.25, 0.3) is 4.96 Å². The van der Waals surface area contributed by atoms with Gasteiger partial charge in [-0.3, -0.25) is 9.59 Å². The molecule has 0 radical (unpaired) electrons. The van der Waals surface area contributed by atoms with E-state index in [-0.39, 0.29) is 31.2 Å². The molecule has 2 aromatic heterocycles. The number of aromatic nitrogens is 3. The maximum absolute atomic E-state index is 11.8. The molecular weight excluding hydrogens is 330 g/mol. The number of rotatable bonds is 6. The Morgan fingerprint density at radius 3 is 2.88 bits per heavy atom. The van der Waals surface area contributed by atoms with Crippen LogP contribution in [0.4, 0.5) is 0 Å². The Labute approximate surface area is 141 Å². The van der Waals surface area contributed by atoms with Crippen molar-refractivity contribution in [3.05, 3.63) is 57.5 Å². The lowest BCUT2D eigenvalue weighted by Gasteiger charge is -2.05. The molecule has 1 aromatic carbocycles. The first-order valence-corrected chi connectivity index (χ1v) is 8.13. The number of esters is 1. The maximum Gasteiger partial charge on any atom is 0.309 e. The highest BCUT2D eigenvalue weighted by molar-refractivity contribution is 7.16. The zero-order chi connectivity index (χ0) is 16.9. The van der Waals surface area contributed by atoms with E-state index in [1.807, 2.05) is 30.3 Å². The Kier molecular flexibility index (Phi) is 4.85. The summed E-state index contributed by atoms with van der Waals surface area (Å²) in [5.41, 5.74) is 0.382. The monoisotopic (exact) mass is 345 g/mol.